The van der Waals surface area contributed by atoms with Gasteiger partial charge >= 0.3 is 0 Å². The fourth-order valence-electron chi connectivity index (χ4n) is 2.85. The second kappa shape index (κ2) is 8.78. The first-order valence-corrected chi connectivity index (χ1v) is 8.43. The Morgan fingerprint density at radius 2 is 1.86 bits per heavy atom. The number of rotatable bonds is 9. The third kappa shape index (κ3) is 4.53. The molecule has 2 aromatic rings. The maximum atomic E-state index is 4.70. The van der Waals surface area contributed by atoms with Gasteiger partial charge in [-0.15, -0.1) is 0 Å². The molecule has 0 fully saturated rings. The second-order valence-corrected chi connectivity index (χ2v) is 5.77. The van der Waals surface area contributed by atoms with Gasteiger partial charge in [-0.25, -0.2) is 0 Å². The monoisotopic (exact) mass is 284 g/mol. The fourth-order valence-corrected chi connectivity index (χ4v) is 2.85. The van der Waals surface area contributed by atoms with E-state index in [4.69, 9.17) is 4.98 Å². The Morgan fingerprint density at radius 1 is 1.00 bits per heavy atom. The van der Waals surface area contributed by atoms with Crippen molar-refractivity contribution in [2.45, 2.75) is 58.4 Å². The van der Waals surface area contributed by atoms with Crippen LogP contribution in [0, 0.1) is 0 Å². The van der Waals surface area contributed by atoms with E-state index < -0.39 is 0 Å². The molecule has 2 nitrogen and oxygen atoms in total. The van der Waals surface area contributed by atoms with Crippen LogP contribution in [0.3, 0.4) is 0 Å². The van der Waals surface area contributed by atoms with Crippen molar-refractivity contribution in [3.63, 3.8) is 0 Å². The van der Waals surface area contributed by atoms with E-state index in [0.717, 1.165) is 13.0 Å². The molecule has 1 atom stereocenters. The molecule has 0 spiro atoms. The van der Waals surface area contributed by atoms with Gasteiger partial charge in [0.2, 0.25) is 0 Å². The Kier molecular flexibility index (Phi) is 6.68. The second-order valence-electron chi connectivity index (χ2n) is 5.77. The van der Waals surface area contributed by atoms with Crippen LogP contribution < -0.4 is 5.32 Å². The van der Waals surface area contributed by atoms with Crippen LogP contribution in [0.5, 0.6) is 0 Å². The van der Waals surface area contributed by atoms with Crippen molar-refractivity contribution in [2.24, 2.45) is 0 Å². The van der Waals surface area contributed by atoms with Gasteiger partial charge in [-0.3, -0.25) is 4.98 Å². The van der Waals surface area contributed by atoms with Crippen LogP contribution in [0.1, 0.15) is 64.1 Å². The molecule has 114 valence electrons. The SMILES string of the molecule is CCCCCCC(NCCC)c1nccc2ccccc12. The molecule has 0 amide bonds. The van der Waals surface area contributed by atoms with Gasteiger partial charge in [0.05, 0.1) is 11.7 Å². The van der Waals surface area contributed by atoms with Crippen molar-refractivity contribution in [1.82, 2.24) is 10.3 Å². The van der Waals surface area contributed by atoms with E-state index in [1.807, 2.05) is 6.20 Å². The quantitative estimate of drug-likeness (QED) is 0.636. The molecule has 0 saturated heterocycles. The van der Waals surface area contributed by atoms with Crippen LogP contribution in [-0.4, -0.2) is 11.5 Å². The van der Waals surface area contributed by atoms with Crippen molar-refractivity contribution in [3.8, 4) is 0 Å². The molecule has 0 saturated carbocycles. The van der Waals surface area contributed by atoms with Crippen molar-refractivity contribution in [1.29, 1.82) is 0 Å². The van der Waals surface area contributed by atoms with Crippen LogP contribution >= 0.6 is 0 Å². The van der Waals surface area contributed by atoms with Gasteiger partial charge in [0.15, 0.2) is 0 Å². The molecule has 0 aliphatic heterocycles. The van der Waals surface area contributed by atoms with E-state index >= 15 is 0 Å². The number of benzene rings is 1. The Hall–Kier alpha value is -1.41. The van der Waals surface area contributed by atoms with Crippen LogP contribution in [0.2, 0.25) is 0 Å². The lowest BCUT2D eigenvalue weighted by Gasteiger charge is -2.19. The summed E-state index contributed by atoms with van der Waals surface area (Å²) in [6, 6.07) is 11.1. The molecular weight excluding hydrogens is 256 g/mol. The van der Waals surface area contributed by atoms with Crippen molar-refractivity contribution < 1.29 is 0 Å². The predicted octanol–water partition coefficient (Wildman–Crippen LogP) is 5.25. The molecule has 1 aromatic carbocycles. The first kappa shape index (κ1) is 16.0. The summed E-state index contributed by atoms with van der Waals surface area (Å²) in [7, 11) is 0. The Morgan fingerprint density at radius 3 is 2.67 bits per heavy atom. The zero-order valence-corrected chi connectivity index (χ0v) is 13.4. The molecule has 1 unspecified atom stereocenters. The number of nitrogens with one attached hydrogen (secondary N) is 1. The standard InChI is InChI=1S/C19H28N2/c1-3-5-6-7-12-18(20-14-4-2)19-17-11-9-8-10-16(17)13-15-21-19/h8-11,13,15,18,20H,3-7,12,14H2,1-2H3. The summed E-state index contributed by atoms with van der Waals surface area (Å²) >= 11 is 0. The van der Waals surface area contributed by atoms with Crippen LogP contribution in [0.25, 0.3) is 10.8 Å². The molecule has 1 aromatic heterocycles. The van der Waals surface area contributed by atoms with Crippen LogP contribution in [0.15, 0.2) is 36.5 Å². The number of hydrogen-bond donors (Lipinski definition) is 1. The average Bonchev–Trinajstić information content (AvgIpc) is 2.54. The third-order valence-electron chi connectivity index (χ3n) is 4.02. The summed E-state index contributed by atoms with van der Waals surface area (Å²) in [6.07, 6.45) is 9.52. The van der Waals surface area contributed by atoms with Gasteiger partial charge < -0.3 is 5.32 Å². The maximum absolute atomic E-state index is 4.70. The van der Waals surface area contributed by atoms with Gasteiger partial charge in [-0.05, 0) is 30.8 Å². The topological polar surface area (TPSA) is 24.9 Å². The number of unbranched alkanes of at least 4 members (excludes halogenated alkanes) is 3. The Balaban J connectivity index is 2.17. The van der Waals surface area contributed by atoms with E-state index in [9.17, 15) is 0 Å². The number of pyridine rings is 1. The van der Waals surface area contributed by atoms with E-state index in [1.165, 1.54) is 48.6 Å². The van der Waals surface area contributed by atoms with Crippen molar-refractivity contribution >= 4 is 10.8 Å². The lowest BCUT2D eigenvalue weighted by Crippen LogP contribution is -2.23. The van der Waals surface area contributed by atoms with Crippen LogP contribution in [0.4, 0.5) is 0 Å². The summed E-state index contributed by atoms with van der Waals surface area (Å²) in [4.78, 5) is 4.70. The minimum atomic E-state index is 0.382. The number of fused-ring (bicyclic) bond motifs is 1. The maximum Gasteiger partial charge on any atom is 0.0651 e. The molecule has 21 heavy (non-hydrogen) atoms. The first-order chi connectivity index (χ1) is 10.4. The lowest BCUT2D eigenvalue weighted by atomic mass is 9.99. The molecular formula is C19H28N2. The molecule has 0 bridgehead atoms. The molecule has 0 aliphatic carbocycles. The van der Waals surface area contributed by atoms with Gasteiger partial charge in [-0.1, -0.05) is 63.8 Å². The van der Waals surface area contributed by atoms with Crippen molar-refractivity contribution in [2.75, 3.05) is 6.54 Å². The summed E-state index contributed by atoms with van der Waals surface area (Å²) in [5.41, 5.74) is 1.22. The zero-order valence-electron chi connectivity index (χ0n) is 13.4. The molecule has 1 heterocycles. The Labute approximate surface area is 129 Å². The molecule has 2 rings (SSSR count). The molecule has 2 heteroatoms. The normalized spacial score (nSPS) is 12.7. The number of nitrogens with zero attached hydrogens (tertiary/aromatic N) is 1. The van der Waals surface area contributed by atoms with Crippen molar-refractivity contribution in [3.05, 3.63) is 42.2 Å². The summed E-state index contributed by atoms with van der Waals surface area (Å²) < 4.78 is 0. The van der Waals surface area contributed by atoms with Crippen LogP contribution in [-0.2, 0) is 0 Å². The molecule has 0 radical (unpaired) electrons. The fraction of sp³-hybridized carbons (Fsp3) is 0.526. The van der Waals surface area contributed by atoms with Gasteiger partial charge in [0.1, 0.15) is 0 Å². The first-order valence-electron chi connectivity index (χ1n) is 8.43. The van der Waals surface area contributed by atoms with Gasteiger partial charge in [-0.2, -0.15) is 0 Å². The third-order valence-corrected chi connectivity index (χ3v) is 4.02. The highest BCUT2D eigenvalue weighted by Crippen LogP contribution is 2.25. The summed E-state index contributed by atoms with van der Waals surface area (Å²) in [6.45, 7) is 5.54. The van der Waals surface area contributed by atoms with E-state index in [-0.39, 0.29) is 0 Å². The average molecular weight is 284 g/mol. The Bertz CT molecular complexity index is 531. The largest absolute Gasteiger partial charge is 0.309 e. The highest BCUT2D eigenvalue weighted by Gasteiger charge is 2.14. The summed E-state index contributed by atoms with van der Waals surface area (Å²) in [5, 5.41) is 6.28. The number of hydrogen-bond acceptors (Lipinski definition) is 2. The minimum Gasteiger partial charge on any atom is -0.309 e. The van der Waals surface area contributed by atoms with Gasteiger partial charge in [0, 0.05) is 11.6 Å². The van der Waals surface area contributed by atoms with E-state index in [1.54, 1.807) is 0 Å². The minimum absolute atomic E-state index is 0.382. The van der Waals surface area contributed by atoms with Gasteiger partial charge in [0.25, 0.3) is 0 Å². The number of aromatic nitrogens is 1. The predicted molar refractivity (Wildman–Crippen MR) is 91.5 cm³/mol. The highest BCUT2D eigenvalue weighted by molar-refractivity contribution is 5.84. The smallest absolute Gasteiger partial charge is 0.0651 e. The van der Waals surface area contributed by atoms with E-state index in [2.05, 4.69) is 49.5 Å². The summed E-state index contributed by atoms with van der Waals surface area (Å²) in [5.74, 6) is 0. The molecule has 0 aliphatic rings. The lowest BCUT2D eigenvalue weighted by molar-refractivity contribution is 0.465. The zero-order chi connectivity index (χ0) is 14.9. The highest BCUT2D eigenvalue weighted by atomic mass is 14.9. The molecule has 1 N–H and O–H groups in total. The van der Waals surface area contributed by atoms with E-state index in [0.29, 0.717) is 6.04 Å².